The lowest BCUT2D eigenvalue weighted by Gasteiger charge is -2.22. The number of rotatable bonds is 11. The SMILES string of the molecule is NC(N)=NCCCC(NC(=O)C(Cc1cnc[nH]1)NC(=O)C1CCC(=O)N1)C(=O)O. The lowest BCUT2D eigenvalue weighted by molar-refractivity contribution is -0.142. The number of nitrogens with zero attached hydrogens (tertiary/aromatic N) is 2. The second-order valence-corrected chi connectivity index (χ2v) is 6.85. The number of aliphatic imine (C=N–C) groups is 1. The van der Waals surface area contributed by atoms with Crippen molar-refractivity contribution in [2.24, 2.45) is 16.5 Å². The second-order valence-electron chi connectivity index (χ2n) is 6.85. The number of amides is 3. The molecule has 30 heavy (non-hydrogen) atoms. The van der Waals surface area contributed by atoms with Gasteiger partial charge in [-0.2, -0.15) is 0 Å². The molecule has 0 radical (unpaired) electrons. The molecule has 3 amide bonds. The summed E-state index contributed by atoms with van der Waals surface area (Å²) in [5.41, 5.74) is 11.0. The normalized spacial score (nSPS) is 17.5. The van der Waals surface area contributed by atoms with Crippen LogP contribution in [0.25, 0.3) is 0 Å². The maximum absolute atomic E-state index is 12.8. The van der Waals surface area contributed by atoms with Gasteiger partial charge in [0.15, 0.2) is 5.96 Å². The van der Waals surface area contributed by atoms with Crippen LogP contribution in [-0.4, -0.2) is 69.4 Å². The van der Waals surface area contributed by atoms with Gasteiger partial charge in [-0.3, -0.25) is 19.4 Å². The number of carboxylic acid groups (broad SMARTS) is 1. The molecule has 3 atom stereocenters. The number of aliphatic carboxylic acids is 1. The van der Waals surface area contributed by atoms with Crippen LogP contribution in [0.5, 0.6) is 0 Å². The Morgan fingerprint density at radius 3 is 2.63 bits per heavy atom. The number of carboxylic acids is 1. The first kappa shape index (κ1) is 22.6. The van der Waals surface area contributed by atoms with E-state index in [9.17, 15) is 24.3 Å². The predicted octanol–water partition coefficient (Wildman–Crippen LogP) is -2.66. The highest BCUT2D eigenvalue weighted by Crippen LogP contribution is 2.08. The van der Waals surface area contributed by atoms with Crippen LogP contribution in [-0.2, 0) is 25.6 Å². The molecule has 9 N–H and O–H groups in total. The van der Waals surface area contributed by atoms with Gasteiger partial charge in [-0.25, -0.2) is 9.78 Å². The highest BCUT2D eigenvalue weighted by molar-refractivity contribution is 5.95. The van der Waals surface area contributed by atoms with Crippen LogP contribution in [0.4, 0.5) is 0 Å². The number of nitrogens with two attached hydrogens (primary N) is 2. The van der Waals surface area contributed by atoms with Crippen LogP contribution < -0.4 is 27.4 Å². The fourth-order valence-corrected chi connectivity index (χ4v) is 2.94. The number of carbonyl (C=O) groups excluding carboxylic acids is 3. The summed E-state index contributed by atoms with van der Waals surface area (Å²) >= 11 is 0. The Balaban J connectivity index is 2.02. The molecule has 13 nitrogen and oxygen atoms in total. The van der Waals surface area contributed by atoms with Crippen molar-refractivity contribution < 1.29 is 24.3 Å². The van der Waals surface area contributed by atoms with Gasteiger partial charge >= 0.3 is 5.97 Å². The van der Waals surface area contributed by atoms with E-state index < -0.39 is 35.9 Å². The van der Waals surface area contributed by atoms with E-state index >= 15 is 0 Å². The van der Waals surface area contributed by atoms with Gasteiger partial charge in [0.1, 0.15) is 18.1 Å². The Morgan fingerprint density at radius 2 is 2.07 bits per heavy atom. The zero-order valence-electron chi connectivity index (χ0n) is 16.3. The van der Waals surface area contributed by atoms with E-state index in [0.717, 1.165) is 0 Å². The molecule has 164 valence electrons. The monoisotopic (exact) mass is 422 g/mol. The highest BCUT2D eigenvalue weighted by Gasteiger charge is 2.32. The van der Waals surface area contributed by atoms with Crippen LogP contribution >= 0.6 is 0 Å². The summed E-state index contributed by atoms with van der Waals surface area (Å²) in [5, 5.41) is 17.0. The molecule has 2 heterocycles. The molecule has 13 heteroatoms. The molecular weight excluding hydrogens is 396 g/mol. The van der Waals surface area contributed by atoms with Crippen molar-refractivity contribution in [2.75, 3.05) is 6.54 Å². The largest absolute Gasteiger partial charge is 0.480 e. The molecular formula is C17H26N8O5. The molecule has 1 aliphatic rings. The van der Waals surface area contributed by atoms with Gasteiger partial charge in [0, 0.05) is 31.3 Å². The third-order valence-corrected chi connectivity index (χ3v) is 4.48. The molecule has 1 saturated heterocycles. The van der Waals surface area contributed by atoms with E-state index in [4.69, 9.17) is 11.5 Å². The number of carbonyl (C=O) groups is 4. The summed E-state index contributed by atoms with van der Waals surface area (Å²) in [4.78, 5) is 58.5. The Bertz CT molecular complexity index is 790. The van der Waals surface area contributed by atoms with Crippen molar-refractivity contribution in [3.05, 3.63) is 18.2 Å². The van der Waals surface area contributed by atoms with Crippen LogP contribution in [0.1, 0.15) is 31.4 Å². The molecule has 1 fully saturated rings. The van der Waals surface area contributed by atoms with E-state index in [1.54, 1.807) is 0 Å². The van der Waals surface area contributed by atoms with Crippen LogP contribution in [0.15, 0.2) is 17.5 Å². The zero-order chi connectivity index (χ0) is 22.1. The minimum absolute atomic E-state index is 0.0680. The first-order valence-corrected chi connectivity index (χ1v) is 9.41. The molecule has 0 spiro atoms. The molecule has 0 bridgehead atoms. The maximum Gasteiger partial charge on any atom is 0.326 e. The van der Waals surface area contributed by atoms with E-state index in [1.165, 1.54) is 12.5 Å². The van der Waals surface area contributed by atoms with E-state index in [0.29, 0.717) is 18.5 Å². The van der Waals surface area contributed by atoms with Crippen LogP contribution in [0.2, 0.25) is 0 Å². The van der Waals surface area contributed by atoms with E-state index in [2.05, 4.69) is 30.9 Å². The topological polar surface area (TPSA) is 218 Å². The summed E-state index contributed by atoms with van der Waals surface area (Å²) in [6.07, 6.45) is 3.97. The third kappa shape index (κ3) is 7.07. The van der Waals surface area contributed by atoms with Gasteiger partial charge < -0.3 is 37.5 Å². The van der Waals surface area contributed by atoms with Crippen molar-refractivity contribution in [1.29, 1.82) is 0 Å². The molecule has 0 aromatic carbocycles. The minimum atomic E-state index is -1.22. The number of hydrogen-bond donors (Lipinski definition) is 7. The Hall–Kier alpha value is -3.64. The average Bonchev–Trinajstić information content (AvgIpc) is 3.34. The number of aromatic amines is 1. The molecule has 1 aromatic heterocycles. The van der Waals surface area contributed by atoms with Crippen molar-refractivity contribution in [1.82, 2.24) is 25.9 Å². The van der Waals surface area contributed by atoms with Crippen molar-refractivity contribution in [2.45, 2.75) is 50.2 Å². The maximum atomic E-state index is 12.8. The fourth-order valence-electron chi connectivity index (χ4n) is 2.94. The molecule has 0 aliphatic carbocycles. The number of H-pyrrole nitrogens is 1. The molecule has 2 rings (SSSR count). The molecule has 1 aromatic rings. The van der Waals surface area contributed by atoms with Gasteiger partial charge in [-0.15, -0.1) is 0 Å². The van der Waals surface area contributed by atoms with E-state index in [-0.39, 0.29) is 37.7 Å². The molecule has 1 aliphatic heterocycles. The minimum Gasteiger partial charge on any atom is -0.480 e. The Kier molecular flexibility index (Phi) is 8.14. The number of imidazole rings is 1. The Morgan fingerprint density at radius 1 is 1.30 bits per heavy atom. The summed E-state index contributed by atoms with van der Waals surface area (Å²) in [7, 11) is 0. The van der Waals surface area contributed by atoms with Crippen LogP contribution in [0, 0.1) is 0 Å². The number of aromatic nitrogens is 2. The number of hydrogen-bond acceptors (Lipinski definition) is 6. The first-order chi connectivity index (χ1) is 14.3. The zero-order valence-corrected chi connectivity index (χ0v) is 16.3. The first-order valence-electron chi connectivity index (χ1n) is 9.41. The predicted molar refractivity (Wildman–Crippen MR) is 105 cm³/mol. The molecule has 3 unspecified atom stereocenters. The lowest BCUT2D eigenvalue weighted by atomic mass is 10.1. The summed E-state index contributed by atoms with van der Waals surface area (Å²) in [6.45, 7) is 0.220. The van der Waals surface area contributed by atoms with Crippen molar-refractivity contribution in [3.63, 3.8) is 0 Å². The van der Waals surface area contributed by atoms with Gasteiger partial charge in [-0.05, 0) is 19.3 Å². The van der Waals surface area contributed by atoms with Crippen LogP contribution in [0.3, 0.4) is 0 Å². The number of guanidine groups is 1. The van der Waals surface area contributed by atoms with E-state index in [1.807, 2.05) is 0 Å². The Labute approximate surface area is 172 Å². The highest BCUT2D eigenvalue weighted by atomic mass is 16.4. The van der Waals surface area contributed by atoms with Gasteiger partial charge in [0.25, 0.3) is 0 Å². The standard InChI is InChI=1S/C17H26N8O5/c18-17(19)21-5-1-2-11(16(29)30)24-15(28)12(6-9-7-20-8-22-9)25-14(27)10-3-4-13(26)23-10/h7-8,10-12H,1-6H2,(H,20,22)(H,23,26)(H,24,28)(H,25,27)(H,29,30)(H4,18,19,21). The number of nitrogens with one attached hydrogen (secondary N) is 4. The summed E-state index contributed by atoms with van der Waals surface area (Å²) < 4.78 is 0. The summed E-state index contributed by atoms with van der Waals surface area (Å²) in [6, 6.07) is -2.97. The fraction of sp³-hybridized carbons (Fsp3) is 0.529. The van der Waals surface area contributed by atoms with Gasteiger partial charge in [0.05, 0.1) is 6.33 Å². The average molecular weight is 422 g/mol. The van der Waals surface area contributed by atoms with Gasteiger partial charge in [-0.1, -0.05) is 0 Å². The second kappa shape index (κ2) is 10.8. The molecule has 0 saturated carbocycles. The third-order valence-electron chi connectivity index (χ3n) is 4.48. The van der Waals surface area contributed by atoms with Gasteiger partial charge in [0.2, 0.25) is 17.7 Å². The summed E-state index contributed by atoms with van der Waals surface area (Å²) in [5.74, 6) is -2.75. The smallest absolute Gasteiger partial charge is 0.326 e. The van der Waals surface area contributed by atoms with Crippen molar-refractivity contribution >= 4 is 29.7 Å². The van der Waals surface area contributed by atoms with Crippen molar-refractivity contribution in [3.8, 4) is 0 Å². The quantitative estimate of drug-likeness (QED) is 0.113. The lowest BCUT2D eigenvalue weighted by Crippen LogP contribution is -2.55.